The van der Waals surface area contributed by atoms with E-state index in [4.69, 9.17) is 5.11 Å². The molecule has 1 unspecified atom stereocenters. The van der Waals surface area contributed by atoms with Crippen molar-refractivity contribution in [2.45, 2.75) is 49.5 Å². The van der Waals surface area contributed by atoms with Crippen molar-refractivity contribution in [3.63, 3.8) is 0 Å². The minimum absolute atomic E-state index is 0.0496. The number of urea groups is 1. The summed E-state index contributed by atoms with van der Waals surface area (Å²) < 4.78 is 26.3. The lowest BCUT2D eigenvalue weighted by Crippen LogP contribution is -2.50. The van der Waals surface area contributed by atoms with E-state index in [1.54, 1.807) is 37.3 Å². The highest BCUT2D eigenvalue weighted by Crippen LogP contribution is 2.28. The molecule has 0 saturated carbocycles. The first-order valence-corrected chi connectivity index (χ1v) is 14.6. The van der Waals surface area contributed by atoms with Crippen LogP contribution in [0.3, 0.4) is 0 Å². The standard InChI is InChI=1S/C30H34N2O6S/c1-2-32(28(33)18-19-29(34)35)30(36)31-27(20-21-39(37,38)25-16-10-5-11-17-25)26(24-14-8-4-9-15-24)22-23-12-6-3-7-13-23/h3-17,26-27H,2,18-22H2,1H3,(H,31,36)(H,34,35)/t26?,27-/m0/s1. The Morgan fingerprint density at radius 2 is 1.41 bits per heavy atom. The largest absolute Gasteiger partial charge is 0.481 e. The number of imide groups is 1. The average molecular weight is 551 g/mol. The Labute approximate surface area is 229 Å². The van der Waals surface area contributed by atoms with Crippen LogP contribution in [0.1, 0.15) is 43.2 Å². The van der Waals surface area contributed by atoms with Crippen molar-refractivity contribution in [3.8, 4) is 0 Å². The number of sulfone groups is 1. The highest BCUT2D eigenvalue weighted by Gasteiger charge is 2.30. The molecular formula is C30H34N2O6S. The second-order valence-corrected chi connectivity index (χ2v) is 11.3. The molecule has 0 aliphatic carbocycles. The highest BCUT2D eigenvalue weighted by molar-refractivity contribution is 7.91. The van der Waals surface area contributed by atoms with E-state index in [0.717, 1.165) is 16.0 Å². The van der Waals surface area contributed by atoms with Crippen molar-refractivity contribution in [1.29, 1.82) is 0 Å². The Morgan fingerprint density at radius 1 is 0.846 bits per heavy atom. The van der Waals surface area contributed by atoms with Crippen LogP contribution in [-0.4, -0.2) is 54.7 Å². The number of hydrogen-bond acceptors (Lipinski definition) is 5. The molecule has 0 fully saturated rings. The molecule has 0 aromatic heterocycles. The van der Waals surface area contributed by atoms with Gasteiger partial charge < -0.3 is 10.4 Å². The van der Waals surface area contributed by atoms with Gasteiger partial charge in [0.05, 0.1) is 17.1 Å². The molecule has 2 N–H and O–H groups in total. The van der Waals surface area contributed by atoms with Gasteiger partial charge in [-0.2, -0.15) is 0 Å². The van der Waals surface area contributed by atoms with Gasteiger partial charge in [0.2, 0.25) is 5.91 Å². The second-order valence-electron chi connectivity index (χ2n) is 9.22. The van der Waals surface area contributed by atoms with Gasteiger partial charge in [0.15, 0.2) is 9.84 Å². The fraction of sp³-hybridized carbons (Fsp3) is 0.300. The number of benzene rings is 3. The third kappa shape index (κ3) is 8.78. The third-order valence-electron chi connectivity index (χ3n) is 6.54. The van der Waals surface area contributed by atoms with Gasteiger partial charge in [0, 0.05) is 24.9 Å². The summed E-state index contributed by atoms with van der Waals surface area (Å²) in [7, 11) is -3.64. The first-order valence-electron chi connectivity index (χ1n) is 12.9. The first kappa shape index (κ1) is 29.6. The van der Waals surface area contributed by atoms with Gasteiger partial charge in [-0.25, -0.2) is 13.2 Å². The summed E-state index contributed by atoms with van der Waals surface area (Å²) in [5.41, 5.74) is 1.94. The number of carbonyl (C=O) groups excluding carboxylic acids is 2. The van der Waals surface area contributed by atoms with E-state index >= 15 is 0 Å². The minimum Gasteiger partial charge on any atom is -0.481 e. The first-order chi connectivity index (χ1) is 18.7. The predicted molar refractivity (Wildman–Crippen MR) is 149 cm³/mol. The van der Waals surface area contributed by atoms with Crippen LogP contribution in [0.25, 0.3) is 0 Å². The smallest absolute Gasteiger partial charge is 0.324 e. The normalized spacial score (nSPS) is 12.7. The van der Waals surface area contributed by atoms with Crippen molar-refractivity contribution in [3.05, 3.63) is 102 Å². The SMILES string of the molecule is CCN(C(=O)CCC(=O)O)C(=O)N[C@@H](CCS(=O)(=O)c1ccccc1)C(Cc1ccccc1)c1ccccc1. The lowest BCUT2D eigenvalue weighted by atomic mass is 9.84. The summed E-state index contributed by atoms with van der Waals surface area (Å²) in [6, 6.07) is 26.1. The number of aliphatic carboxylic acids is 1. The van der Waals surface area contributed by atoms with E-state index < -0.39 is 33.8 Å². The molecule has 0 radical (unpaired) electrons. The number of nitrogens with one attached hydrogen (secondary N) is 1. The Hall–Kier alpha value is -3.98. The van der Waals surface area contributed by atoms with Crippen LogP contribution in [0.4, 0.5) is 4.79 Å². The molecule has 0 spiro atoms. The third-order valence-corrected chi connectivity index (χ3v) is 8.30. The van der Waals surface area contributed by atoms with E-state index in [0.29, 0.717) is 6.42 Å². The number of carboxylic acid groups (broad SMARTS) is 1. The van der Waals surface area contributed by atoms with Gasteiger partial charge >= 0.3 is 12.0 Å². The van der Waals surface area contributed by atoms with E-state index in [2.05, 4.69) is 5.32 Å². The molecule has 39 heavy (non-hydrogen) atoms. The summed E-state index contributed by atoms with van der Waals surface area (Å²) in [6.45, 7) is 1.68. The molecule has 8 nitrogen and oxygen atoms in total. The van der Waals surface area contributed by atoms with Crippen molar-refractivity contribution in [2.24, 2.45) is 0 Å². The molecular weight excluding hydrogens is 516 g/mol. The van der Waals surface area contributed by atoms with Gasteiger partial charge in [-0.3, -0.25) is 14.5 Å². The van der Waals surface area contributed by atoms with E-state index in [1.807, 2.05) is 60.7 Å². The van der Waals surface area contributed by atoms with Gasteiger partial charge in [-0.05, 0) is 43.0 Å². The maximum absolute atomic E-state index is 13.4. The zero-order valence-corrected chi connectivity index (χ0v) is 22.7. The Balaban J connectivity index is 1.94. The van der Waals surface area contributed by atoms with Gasteiger partial charge in [-0.1, -0.05) is 78.9 Å². The van der Waals surface area contributed by atoms with Crippen LogP contribution in [0.5, 0.6) is 0 Å². The fourth-order valence-corrected chi connectivity index (χ4v) is 5.85. The molecule has 3 aromatic carbocycles. The monoisotopic (exact) mass is 550 g/mol. The summed E-state index contributed by atoms with van der Waals surface area (Å²) in [4.78, 5) is 38.1. The zero-order valence-electron chi connectivity index (χ0n) is 21.9. The van der Waals surface area contributed by atoms with Gasteiger partial charge in [0.1, 0.15) is 0 Å². The van der Waals surface area contributed by atoms with Gasteiger partial charge in [-0.15, -0.1) is 0 Å². The zero-order chi connectivity index (χ0) is 28.3. The fourth-order valence-electron chi connectivity index (χ4n) is 4.48. The molecule has 0 aliphatic rings. The molecule has 3 aromatic rings. The van der Waals surface area contributed by atoms with E-state index in [9.17, 15) is 22.8 Å². The predicted octanol–water partition coefficient (Wildman–Crippen LogP) is 4.67. The number of hydrogen-bond donors (Lipinski definition) is 2. The Bertz CT molecular complexity index is 1330. The van der Waals surface area contributed by atoms with Gasteiger partial charge in [0.25, 0.3) is 0 Å². The molecule has 0 aliphatic heterocycles. The van der Waals surface area contributed by atoms with Crippen LogP contribution < -0.4 is 5.32 Å². The summed E-state index contributed by atoms with van der Waals surface area (Å²) in [5.74, 6) is -2.24. The molecule has 3 amide bonds. The number of carbonyl (C=O) groups is 3. The van der Waals surface area contributed by atoms with E-state index in [-0.39, 0.29) is 42.4 Å². The van der Waals surface area contributed by atoms with Crippen LogP contribution >= 0.6 is 0 Å². The quantitative estimate of drug-likeness (QED) is 0.319. The highest BCUT2D eigenvalue weighted by atomic mass is 32.2. The maximum Gasteiger partial charge on any atom is 0.324 e. The van der Waals surface area contributed by atoms with Crippen molar-refractivity contribution in [2.75, 3.05) is 12.3 Å². The molecule has 2 atom stereocenters. The minimum atomic E-state index is -3.64. The van der Waals surface area contributed by atoms with E-state index in [1.165, 1.54) is 0 Å². The van der Waals surface area contributed by atoms with Crippen LogP contribution in [0.2, 0.25) is 0 Å². The molecule has 0 bridgehead atoms. The lowest BCUT2D eigenvalue weighted by Gasteiger charge is -2.31. The summed E-state index contributed by atoms with van der Waals surface area (Å²) in [6.07, 6.45) is -0.0612. The van der Waals surface area contributed by atoms with Crippen LogP contribution in [0, 0.1) is 0 Å². The number of amides is 3. The molecule has 9 heteroatoms. The number of carboxylic acids is 1. The second kappa shape index (κ2) is 14.2. The maximum atomic E-state index is 13.4. The number of rotatable bonds is 13. The van der Waals surface area contributed by atoms with Crippen LogP contribution in [0.15, 0.2) is 95.9 Å². The molecule has 206 valence electrons. The molecule has 0 saturated heterocycles. The number of nitrogens with zero attached hydrogens (tertiary/aromatic N) is 1. The lowest BCUT2D eigenvalue weighted by molar-refractivity contribution is -0.140. The summed E-state index contributed by atoms with van der Waals surface area (Å²) in [5, 5.41) is 11.9. The van der Waals surface area contributed by atoms with Crippen molar-refractivity contribution in [1.82, 2.24) is 10.2 Å². The molecule has 3 rings (SSSR count). The summed E-state index contributed by atoms with van der Waals surface area (Å²) >= 11 is 0. The topological polar surface area (TPSA) is 121 Å². The Kier molecular flexibility index (Phi) is 10.8. The Morgan fingerprint density at radius 3 is 1.97 bits per heavy atom. The average Bonchev–Trinajstić information content (AvgIpc) is 2.95. The molecule has 0 heterocycles. The van der Waals surface area contributed by atoms with Crippen LogP contribution in [-0.2, 0) is 25.8 Å². The van der Waals surface area contributed by atoms with Crippen molar-refractivity contribution >= 4 is 27.7 Å². The van der Waals surface area contributed by atoms with Crippen molar-refractivity contribution < 1.29 is 27.9 Å².